The molecule has 1 unspecified atom stereocenters. The fourth-order valence-corrected chi connectivity index (χ4v) is 3.08. The molecule has 0 radical (unpaired) electrons. The highest BCUT2D eigenvalue weighted by atomic mass is 16.6. The topological polar surface area (TPSA) is 26.3 Å². The van der Waals surface area contributed by atoms with Gasteiger partial charge >= 0.3 is 5.97 Å². The quantitative estimate of drug-likeness (QED) is 0.599. The van der Waals surface area contributed by atoms with Gasteiger partial charge < -0.3 is 4.74 Å². The van der Waals surface area contributed by atoms with E-state index < -0.39 is 5.60 Å². The van der Waals surface area contributed by atoms with E-state index in [1.807, 2.05) is 79.7 Å². The summed E-state index contributed by atoms with van der Waals surface area (Å²) in [4.78, 5) is 12.5. The zero-order valence-corrected chi connectivity index (χ0v) is 13.0. The van der Waals surface area contributed by atoms with Crippen LogP contribution in [0.3, 0.4) is 0 Å². The maximum Gasteiger partial charge on any atom is 0.340 e. The molecular formula is C21H18O2. The lowest BCUT2D eigenvalue weighted by Gasteiger charge is -2.31. The average molecular weight is 302 g/mol. The van der Waals surface area contributed by atoms with Gasteiger partial charge in [-0.05, 0) is 13.0 Å². The molecule has 0 aromatic heterocycles. The van der Waals surface area contributed by atoms with Crippen LogP contribution in [0, 0.1) is 0 Å². The second-order valence-electron chi connectivity index (χ2n) is 5.34. The van der Waals surface area contributed by atoms with E-state index in [1.165, 1.54) is 0 Å². The summed E-state index contributed by atoms with van der Waals surface area (Å²) in [6.07, 6.45) is 7.51. The van der Waals surface area contributed by atoms with Crippen LogP contribution in [0.15, 0.2) is 91.1 Å². The lowest BCUT2D eigenvalue weighted by Crippen LogP contribution is -2.29. The molecule has 0 saturated heterocycles. The first-order chi connectivity index (χ1) is 11.2. The van der Waals surface area contributed by atoms with Crippen LogP contribution in [-0.2, 0) is 10.3 Å². The Morgan fingerprint density at radius 2 is 1.78 bits per heavy atom. The third-order valence-corrected chi connectivity index (χ3v) is 4.00. The molecule has 0 spiro atoms. The monoisotopic (exact) mass is 302 g/mol. The van der Waals surface area contributed by atoms with Crippen LogP contribution in [0.4, 0.5) is 0 Å². The molecule has 2 aromatic carbocycles. The molecule has 0 N–H and O–H groups in total. The van der Waals surface area contributed by atoms with E-state index in [0.29, 0.717) is 5.56 Å². The Hall–Kier alpha value is -2.87. The number of cyclic esters (lactones) is 1. The maximum atomic E-state index is 12.5. The van der Waals surface area contributed by atoms with Crippen molar-refractivity contribution in [3.8, 4) is 0 Å². The fourth-order valence-electron chi connectivity index (χ4n) is 3.08. The summed E-state index contributed by atoms with van der Waals surface area (Å²) >= 11 is 0. The molecule has 2 aromatic rings. The van der Waals surface area contributed by atoms with Gasteiger partial charge in [0.25, 0.3) is 0 Å². The highest BCUT2D eigenvalue weighted by Gasteiger charge is 2.48. The van der Waals surface area contributed by atoms with Crippen LogP contribution < -0.4 is 0 Å². The molecule has 2 nitrogen and oxygen atoms in total. The van der Waals surface area contributed by atoms with Gasteiger partial charge in [-0.3, -0.25) is 0 Å². The SMILES string of the molecule is C=C/C=C(\C=C/C)C1(c2ccccc2)OC(=O)c2ccccc21. The Morgan fingerprint density at radius 1 is 1.09 bits per heavy atom. The summed E-state index contributed by atoms with van der Waals surface area (Å²) in [5.41, 5.74) is 2.33. The summed E-state index contributed by atoms with van der Waals surface area (Å²) in [7, 11) is 0. The first-order valence-corrected chi connectivity index (χ1v) is 7.58. The Bertz CT molecular complexity index is 800. The van der Waals surface area contributed by atoms with Crippen molar-refractivity contribution in [1.82, 2.24) is 0 Å². The zero-order chi connectivity index (χ0) is 16.3. The van der Waals surface area contributed by atoms with Gasteiger partial charge in [0.2, 0.25) is 0 Å². The molecule has 3 rings (SSSR count). The van der Waals surface area contributed by atoms with Gasteiger partial charge in [0.1, 0.15) is 0 Å². The molecule has 0 aliphatic carbocycles. The van der Waals surface area contributed by atoms with Crippen molar-refractivity contribution in [3.63, 3.8) is 0 Å². The molecule has 1 heterocycles. The highest BCUT2D eigenvalue weighted by molar-refractivity contribution is 5.96. The van der Waals surface area contributed by atoms with Gasteiger partial charge in [-0.25, -0.2) is 4.79 Å². The van der Waals surface area contributed by atoms with E-state index in [2.05, 4.69) is 6.58 Å². The minimum absolute atomic E-state index is 0.302. The number of allylic oxidation sites excluding steroid dienone is 3. The number of rotatable bonds is 4. The van der Waals surface area contributed by atoms with Crippen LogP contribution >= 0.6 is 0 Å². The number of carbonyl (C=O) groups excluding carboxylic acids is 1. The number of benzene rings is 2. The minimum Gasteiger partial charge on any atom is -0.441 e. The van der Waals surface area contributed by atoms with Crippen molar-refractivity contribution in [2.45, 2.75) is 12.5 Å². The zero-order valence-electron chi connectivity index (χ0n) is 13.0. The molecule has 0 saturated carbocycles. The highest BCUT2D eigenvalue weighted by Crippen LogP contribution is 2.47. The summed E-state index contributed by atoms with van der Waals surface area (Å²) in [5.74, 6) is -0.302. The summed E-state index contributed by atoms with van der Waals surface area (Å²) in [5, 5.41) is 0. The first-order valence-electron chi connectivity index (χ1n) is 7.58. The molecule has 1 aliphatic heterocycles. The summed E-state index contributed by atoms with van der Waals surface area (Å²) in [6, 6.07) is 17.4. The van der Waals surface area contributed by atoms with Crippen molar-refractivity contribution in [2.24, 2.45) is 0 Å². The van der Waals surface area contributed by atoms with E-state index in [1.54, 1.807) is 6.08 Å². The van der Waals surface area contributed by atoms with Crippen molar-refractivity contribution >= 4 is 5.97 Å². The van der Waals surface area contributed by atoms with Crippen LogP contribution in [0.5, 0.6) is 0 Å². The predicted octanol–water partition coefficient (Wildman–Crippen LogP) is 4.79. The number of hydrogen-bond acceptors (Lipinski definition) is 2. The van der Waals surface area contributed by atoms with E-state index in [9.17, 15) is 4.79 Å². The molecule has 0 bridgehead atoms. The largest absolute Gasteiger partial charge is 0.441 e. The maximum absolute atomic E-state index is 12.5. The second-order valence-corrected chi connectivity index (χ2v) is 5.34. The smallest absolute Gasteiger partial charge is 0.340 e. The third-order valence-electron chi connectivity index (χ3n) is 4.00. The van der Waals surface area contributed by atoms with Crippen molar-refractivity contribution in [3.05, 3.63) is 108 Å². The molecular weight excluding hydrogens is 284 g/mol. The van der Waals surface area contributed by atoms with Crippen LogP contribution in [0.25, 0.3) is 0 Å². The van der Waals surface area contributed by atoms with Gasteiger partial charge in [0, 0.05) is 16.7 Å². The molecule has 0 amide bonds. The Kier molecular flexibility index (Phi) is 3.98. The van der Waals surface area contributed by atoms with E-state index in [0.717, 1.165) is 16.7 Å². The molecule has 2 heteroatoms. The standard InChI is InChI=1S/C21H18O2/c1-3-10-16(11-4-2)21(17-12-6-5-7-13-17)19-15-9-8-14-18(19)20(22)23-21/h3-15H,1H2,2H3/b11-4-,16-10+. The van der Waals surface area contributed by atoms with E-state index >= 15 is 0 Å². The number of esters is 1. The number of fused-ring (bicyclic) bond motifs is 1. The van der Waals surface area contributed by atoms with Crippen LogP contribution in [-0.4, -0.2) is 5.97 Å². The lowest BCUT2D eigenvalue weighted by atomic mass is 9.79. The predicted molar refractivity (Wildman–Crippen MR) is 92.2 cm³/mol. The van der Waals surface area contributed by atoms with Gasteiger partial charge in [-0.2, -0.15) is 0 Å². The number of hydrogen-bond donors (Lipinski definition) is 0. The van der Waals surface area contributed by atoms with Gasteiger partial charge in [-0.15, -0.1) is 0 Å². The van der Waals surface area contributed by atoms with Gasteiger partial charge in [0.15, 0.2) is 5.60 Å². The van der Waals surface area contributed by atoms with E-state index in [-0.39, 0.29) is 5.97 Å². The van der Waals surface area contributed by atoms with E-state index in [4.69, 9.17) is 4.74 Å². The average Bonchev–Trinajstić information content (AvgIpc) is 2.90. The van der Waals surface area contributed by atoms with Crippen molar-refractivity contribution in [1.29, 1.82) is 0 Å². The second kappa shape index (κ2) is 6.09. The third kappa shape index (κ3) is 2.33. The van der Waals surface area contributed by atoms with Crippen LogP contribution in [0.1, 0.15) is 28.4 Å². The Morgan fingerprint density at radius 3 is 2.48 bits per heavy atom. The molecule has 1 atom stereocenters. The Balaban J connectivity index is 2.36. The molecule has 23 heavy (non-hydrogen) atoms. The Labute approximate surface area is 136 Å². The fraction of sp³-hybridized carbons (Fsp3) is 0.0952. The van der Waals surface area contributed by atoms with Crippen molar-refractivity contribution in [2.75, 3.05) is 0 Å². The molecule has 114 valence electrons. The lowest BCUT2D eigenvalue weighted by molar-refractivity contribution is 0.0249. The van der Waals surface area contributed by atoms with Gasteiger partial charge in [0.05, 0.1) is 5.56 Å². The van der Waals surface area contributed by atoms with Crippen LogP contribution in [0.2, 0.25) is 0 Å². The molecule has 1 aliphatic rings. The normalized spacial score (nSPS) is 20.4. The summed E-state index contributed by atoms with van der Waals surface area (Å²) < 4.78 is 5.97. The minimum atomic E-state index is -0.935. The summed E-state index contributed by atoms with van der Waals surface area (Å²) in [6.45, 7) is 5.75. The molecule has 0 fully saturated rings. The van der Waals surface area contributed by atoms with Gasteiger partial charge in [-0.1, -0.05) is 79.4 Å². The number of carbonyl (C=O) groups is 1. The number of ether oxygens (including phenoxy) is 1. The van der Waals surface area contributed by atoms with Crippen molar-refractivity contribution < 1.29 is 9.53 Å². The first kappa shape index (κ1) is 15.0.